The number of nitrogens with zero attached hydrogens (tertiary/aromatic N) is 1. The molecule has 0 bridgehead atoms. The Morgan fingerprint density at radius 2 is 2.05 bits per heavy atom. The Morgan fingerprint density at radius 1 is 1.33 bits per heavy atom. The minimum atomic E-state index is -3.94. The Balaban J connectivity index is 2.51. The average Bonchev–Trinajstić information content (AvgIpc) is 2.92. The highest BCUT2D eigenvalue weighted by atomic mass is 35.5. The lowest BCUT2D eigenvalue weighted by molar-refractivity contribution is 0.427. The van der Waals surface area contributed by atoms with Crippen molar-refractivity contribution in [1.82, 2.24) is 0 Å². The quantitative estimate of drug-likeness (QED) is 0.795. The fourth-order valence-corrected chi connectivity index (χ4v) is 4.10. The molecule has 21 heavy (non-hydrogen) atoms. The number of thiophene rings is 1. The number of benzene rings is 1. The lowest BCUT2D eigenvalue weighted by Crippen LogP contribution is -2.04. The maximum absolute atomic E-state index is 12.5. The van der Waals surface area contributed by atoms with Crippen molar-refractivity contribution in [3.63, 3.8) is 0 Å². The van der Waals surface area contributed by atoms with Crippen molar-refractivity contribution in [1.29, 1.82) is 5.26 Å². The van der Waals surface area contributed by atoms with Crippen molar-refractivity contribution in [2.75, 3.05) is 7.11 Å². The van der Waals surface area contributed by atoms with Gasteiger partial charge in [-0.05, 0) is 30.3 Å². The van der Waals surface area contributed by atoms with Crippen LogP contribution in [-0.2, 0) is 9.84 Å². The van der Waals surface area contributed by atoms with Crippen molar-refractivity contribution >= 4 is 38.9 Å². The fraction of sp³-hybridized carbons (Fsp3) is 0.0714. The van der Waals surface area contributed by atoms with Gasteiger partial charge in [0.1, 0.15) is 6.07 Å². The maximum atomic E-state index is 12.5. The van der Waals surface area contributed by atoms with Crippen LogP contribution in [0, 0.1) is 11.3 Å². The van der Waals surface area contributed by atoms with Gasteiger partial charge in [0.2, 0.25) is 9.84 Å². The van der Waals surface area contributed by atoms with E-state index in [1.165, 1.54) is 36.7 Å². The van der Waals surface area contributed by atoms with Gasteiger partial charge in [0.25, 0.3) is 0 Å². The zero-order valence-electron chi connectivity index (χ0n) is 10.9. The first-order valence-electron chi connectivity index (χ1n) is 5.74. The third-order valence-corrected chi connectivity index (χ3v) is 5.76. The summed E-state index contributed by atoms with van der Waals surface area (Å²) in [6, 6.07) is 11.1. The molecule has 0 spiro atoms. The van der Waals surface area contributed by atoms with E-state index >= 15 is 0 Å². The number of halogens is 1. The van der Waals surface area contributed by atoms with E-state index in [0.29, 0.717) is 9.94 Å². The summed E-state index contributed by atoms with van der Waals surface area (Å²) in [5.74, 6) is 0. The number of ether oxygens (including phenoxy) is 1. The minimum absolute atomic E-state index is 0.0806. The molecule has 1 aromatic heterocycles. The van der Waals surface area contributed by atoms with Crippen molar-refractivity contribution in [2.24, 2.45) is 0 Å². The van der Waals surface area contributed by atoms with E-state index in [9.17, 15) is 13.7 Å². The van der Waals surface area contributed by atoms with Crippen LogP contribution in [0.1, 0.15) is 4.88 Å². The molecule has 2 aromatic rings. The number of nitriles is 1. The third kappa shape index (κ3) is 3.27. The molecule has 0 aliphatic carbocycles. The van der Waals surface area contributed by atoms with Gasteiger partial charge in [0.15, 0.2) is 9.97 Å². The molecular weight excluding hydrogens is 330 g/mol. The van der Waals surface area contributed by atoms with Gasteiger partial charge in [-0.3, -0.25) is 0 Å². The first kappa shape index (κ1) is 15.6. The Morgan fingerprint density at radius 3 is 2.62 bits per heavy atom. The number of methoxy groups -OCH3 is 1. The van der Waals surface area contributed by atoms with Crippen molar-refractivity contribution in [2.45, 2.75) is 4.90 Å². The molecule has 2 rings (SSSR count). The molecule has 0 saturated heterocycles. The third-order valence-electron chi connectivity index (χ3n) is 2.60. The molecule has 0 N–H and O–H groups in total. The highest BCUT2D eigenvalue weighted by molar-refractivity contribution is 7.95. The molecule has 7 heteroatoms. The lowest BCUT2D eigenvalue weighted by Gasteiger charge is -2.04. The molecule has 108 valence electrons. The Hall–Kier alpha value is -1.81. The summed E-state index contributed by atoms with van der Waals surface area (Å²) in [7, 11) is -2.42. The molecule has 0 unspecified atom stereocenters. The van der Waals surface area contributed by atoms with Gasteiger partial charge in [-0.15, -0.1) is 0 Å². The van der Waals surface area contributed by atoms with Crippen LogP contribution in [-0.4, -0.2) is 15.5 Å². The zero-order valence-corrected chi connectivity index (χ0v) is 13.3. The number of sulfone groups is 1. The van der Waals surface area contributed by atoms with Crippen LogP contribution in [0.2, 0.25) is 5.02 Å². The molecular formula is C14H10ClNO3S2. The Bertz CT molecular complexity index is 832. The molecule has 1 aromatic carbocycles. The summed E-state index contributed by atoms with van der Waals surface area (Å²) in [6.45, 7) is 0. The van der Waals surface area contributed by atoms with E-state index in [4.69, 9.17) is 16.3 Å². The van der Waals surface area contributed by atoms with Gasteiger partial charge in [-0.2, -0.15) is 5.26 Å². The number of rotatable bonds is 4. The highest BCUT2D eigenvalue weighted by Gasteiger charge is 2.23. The summed E-state index contributed by atoms with van der Waals surface area (Å²) < 4.78 is 30.0. The molecule has 0 radical (unpaired) electrons. The van der Waals surface area contributed by atoms with Gasteiger partial charge in [-0.25, -0.2) is 8.42 Å². The standard InChI is InChI=1S/C14H10ClNO3S2/c1-19-14-7-6-10(20-14)8-11(9-16)21(17,18)13-5-3-2-4-12(13)15/h2-8H,1H3. The zero-order chi connectivity index (χ0) is 15.5. The molecule has 1 heterocycles. The van der Waals surface area contributed by atoms with Crippen LogP contribution in [0.4, 0.5) is 0 Å². The number of hydrogen-bond acceptors (Lipinski definition) is 5. The highest BCUT2D eigenvalue weighted by Crippen LogP contribution is 2.30. The van der Waals surface area contributed by atoms with Crippen molar-refractivity contribution < 1.29 is 13.2 Å². The monoisotopic (exact) mass is 339 g/mol. The van der Waals surface area contributed by atoms with Gasteiger partial charge in [0.05, 0.1) is 17.0 Å². The molecule has 0 aliphatic rings. The predicted molar refractivity (Wildman–Crippen MR) is 83.1 cm³/mol. The van der Waals surface area contributed by atoms with E-state index in [2.05, 4.69) is 0 Å². The van der Waals surface area contributed by atoms with Crippen LogP contribution in [0.5, 0.6) is 5.06 Å². The van der Waals surface area contributed by atoms with E-state index in [1.54, 1.807) is 30.3 Å². The van der Waals surface area contributed by atoms with Crippen molar-refractivity contribution in [3.05, 3.63) is 51.2 Å². The van der Waals surface area contributed by atoms with Crippen LogP contribution < -0.4 is 4.74 Å². The first-order valence-corrected chi connectivity index (χ1v) is 8.42. The largest absolute Gasteiger partial charge is 0.487 e. The van der Waals surface area contributed by atoms with Gasteiger partial charge < -0.3 is 4.74 Å². The van der Waals surface area contributed by atoms with E-state index < -0.39 is 9.84 Å². The van der Waals surface area contributed by atoms with E-state index in [-0.39, 0.29) is 14.8 Å². The lowest BCUT2D eigenvalue weighted by atomic mass is 10.4. The van der Waals surface area contributed by atoms with Gasteiger partial charge in [-0.1, -0.05) is 35.1 Å². The average molecular weight is 340 g/mol. The SMILES string of the molecule is COc1ccc(C=C(C#N)S(=O)(=O)c2ccccc2Cl)s1. The summed E-state index contributed by atoms with van der Waals surface area (Å²) in [5, 5.41) is 9.89. The molecule has 0 fully saturated rings. The fourth-order valence-electron chi connectivity index (χ4n) is 1.60. The minimum Gasteiger partial charge on any atom is -0.487 e. The molecule has 0 aliphatic heterocycles. The van der Waals surface area contributed by atoms with Crippen LogP contribution in [0.15, 0.2) is 46.2 Å². The van der Waals surface area contributed by atoms with E-state index in [0.717, 1.165) is 0 Å². The number of allylic oxidation sites excluding steroid dienone is 1. The second-order valence-corrected chi connectivity index (χ2v) is 7.29. The van der Waals surface area contributed by atoms with Crippen LogP contribution in [0.25, 0.3) is 6.08 Å². The summed E-state index contributed by atoms with van der Waals surface area (Å²) >= 11 is 7.15. The summed E-state index contributed by atoms with van der Waals surface area (Å²) in [6.07, 6.45) is 1.31. The summed E-state index contributed by atoms with van der Waals surface area (Å²) in [5.41, 5.74) is 0. The Labute approximate surface area is 131 Å². The van der Waals surface area contributed by atoms with Gasteiger partial charge >= 0.3 is 0 Å². The normalized spacial score (nSPS) is 12.0. The predicted octanol–water partition coefficient (Wildman–Crippen LogP) is 3.75. The molecule has 0 amide bonds. The first-order chi connectivity index (χ1) is 9.98. The Kier molecular flexibility index (Phi) is 4.68. The molecule has 0 saturated carbocycles. The van der Waals surface area contributed by atoms with Crippen LogP contribution >= 0.6 is 22.9 Å². The maximum Gasteiger partial charge on any atom is 0.218 e. The van der Waals surface area contributed by atoms with E-state index in [1.807, 2.05) is 0 Å². The molecule has 0 atom stereocenters. The topological polar surface area (TPSA) is 67.2 Å². The summed E-state index contributed by atoms with van der Waals surface area (Å²) in [4.78, 5) is 0.169. The number of hydrogen-bond donors (Lipinski definition) is 0. The van der Waals surface area contributed by atoms with Crippen molar-refractivity contribution in [3.8, 4) is 11.1 Å². The second-order valence-electron chi connectivity index (χ2n) is 3.92. The molecule has 4 nitrogen and oxygen atoms in total. The van der Waals surface area contributed by atoms with Gasteiger partial charge in [0, 0.05) is 4.88 Å². The smallest absolute Gasteiger partial charge is 0.218 e. The van der Waals surface area contributed by atoms with Crippen LogP contribution in [0.3, 0.4) is 0 Å². The second kappa shape index (κ2) is 6.31.